The molecule has 1 aromatic rings. The lowest BCUT2D eigenvalue weighted by Gasteiger charge is -2.16. The third kappa shape index (κ3) is 4.84. The smallest absolute Gasteiger partial charge is 0.342 e. The zero-order valence-corrected chi connectivity index (χ0v) is 14.4. The van der Waals surface area contributed by atoms with E-state index in [1.165, 1.54) is 12.2 Å². The Labute approximate surface area is 150 Å². The van der Waals surface area contributed by atoms with E-state index in [9.17, 15) is 24.9 Å². The molecule has 0 aromatic heterocycles. The lowest BCUT2D eigenvalue weighted by molar-refractivity contribution is -0.114. The molecule has 2 atom stereocenters. The van der Waals surface area contributed by atoms with Crippen molar-refractivity contribution >= 4 is 23.4 Å². The minimum absolute atomic E-state index is 0.000772. The molecular weight excluding hydrogens is 348 g/mol. The molecule has 0 spiro atoms. The highest BCUT2D eigenvalue weighted by molar-refractivity contribution is 6.33. The minimum Gasteiger partial charge on any atom is -0.507 e. The van der Waals surface area contributed by atoms with Crippen LogP contribution in [0.1, 0.15) is 35.7 Å². The van der Waals surface area contributed by atoms with Gasteiger partial charge in [-0.1, -0.05) is 29.8 Å². The number of allylic oxidation sites excluding steroid dienone is 1. The van der Waals surface area contributed by atoms with Crippen LogP contribution in [-0.4, -0.2) is 39.3 Å². The number of benzene rings is 1. The largest absolute Gasteiger partial charge is 0.507 e. The number of carbonyl (C=O) groups excluding carboxylic acids is 2. The fraction of sp³-hybridized carbons (Fsp3) is 0.333. The maximum atomic E-state index is 12.4. The topological polar surface area (TPSA) is 104 Å². The molecule has 0 fully saturated rings. The molecule has 0 aliphatic carbocycles. The van der Waals surface area contributed by atoms with E-state index in [4.69, 9.17) is 16.3 Å². The Morgan fingerprint density at radius 3 is 2.60 bits per heavy atom. The van der Waals surface area contributed by atoms with Crippen molar-refractivity contribution < 1.29 is 29.6 Å². The van der Waals surface area contributed by atoms with Gasteiger partial charge >= 0.3 is 5.97 Å². The quantitative estimate of drug-likeness (QED) is 0.481. The first-order chi connectivity index (χ1) is 11.8. The summed E-state index contributed by atoms with van der Waals surface area (Å²) in [5.41, 5.74) is -0.239. The second kappa shape index (κ2) is 8.18. The SMILES string of the molecule is C[C@@H]1C/C=C/[C@H](O)C/C=C/C(=O)Cc2c(Cl)c(O)cc(O)c2C(=O)O1. The van der Waals surface area contributed by atoms with Crippen LogP contribution >= 0.6 is 11.6 Å². The summed E-state index contributed by atoms with van der Waals surface area (Å²) in [7, 11) is 0. The highest BCUT2D eigenvalue weighted by atomic mass is 35.5. The van der Waals surface area contributed by atoms with Crippen LogP contribution < -0.4 is 0 Å². The van der Waals surface area contributed by atoms with E-state index >= 15 is 0 Å². The highest BCUT2D eigenvalue weighted by Gasteiger charge is 2.25. The molecule has 0 saturated heterocycles. The van der Waals surface area contributed by atoms with Crippen LogP contribution in [0.15, 0.2) is 30.4 Å². The number of hydrogen-bond acceptors (Lipinski definition) is 6. The van der Waals surface area contributed by atoms with Crippen molar-refractivity contribution in [2.24, 2.45) is 0 Å². The van der Waals surface area contributed by atoms with Gasteiger partial charge in [-0.2, -0.15) is 0 Å². The van der Waals surface area contributed by atoms with Crippen LogP contribution in [0, 0.1) is 0 Å². The zero-order valence-electron chi connectivity index (χ0n) is 13.6. The molecule has 0 unspecified atom stereocenters. The number of fused-ring (bicyclic) bond motifs is 1. The third-order valence-corrected chi connectivity index (χ3v) is 4.11. The van der Waals surface area contributed by atoms with Gasteiger partial charge in [0.1, 0.15) is 23.2 Å². The second-order valence-corrected chi connectivity index (χ2v) is 6.19. The number of ketones is 1. The first-order valence-electron chi connectivity index (χ1n) is 7.78. The first-order valence-corrected chi connectivity index (χ1v) is 8.15. The molecule has 7 heteroatoms. The number of ether oxygens (including phenoxy) is 1. The summed E-state index contributed by atoms with van der Waals surface area (Å²) in [5, 5.41) is 29.4. The van der Waals surface area contributed by atoms with Crippen LogP contribution in [-0.2, 0) is 16.0 Å². The van der Waals surface area contributed by atoms with Crippen molar-refractivity contribution in [3.8, 4) is 11.5 Å². The molecular formula is C18H19ClO6. The lowest BCUT2D eigenvalue weighted by Crippen LogP contribution is -2.18. The van der Waals surface area contributed by atoms with Gasteiger partial charge in [0.25, 0.3) is 0 Å². The average molecular weight is 367 g/mol. The van der Waals surface area contributed by atoms with Crippen molar-refractivity contribution in [2.75, 3.05) is 0 Å². The summed E-state index contributed by atoms with van der Waals surface area (Å²) in [4.78, 5) is 24.5. The van der Waals surface area contributed by atoms with Crippen molar-refractivity contribution in [1.29, 1.82) is 0 Å². The van der Waals surface area contributed by atoms with Crippen molar-refractivity contribution in [2.45, 2.75) is 38.4 Å². The Hall–Kier alpha value is -2.31. The number of hydrogen-bond donors (Lipinski definition) is 3. The number of carbonyl (C=O) groups is 2. The minimum atomic E-state index is -0.843. The third-order valence-electron chi connectivity index (χ3n) is 3.69. The van der Waals surface area contributed by atoms with E-state index in [2.05, 4.69) is 0 Å². The second-order valence-electron chi connectivity index (χ2n) is 5.81. The maximum absolute atomic E-state index is 12.4. The number of aromatic hydroxyl groups is 2. The molecule has 25 heavy (non-hydrogen) atoms. The van der Waals surface area contributed by atoms with E-state index in [0.717, 1.165) is 6.07 Å². The van der Waals surface area contributed by atoms with Crippen molar-refractivity contribution in [3.05, 3.63) is 46.5 Å². The van der Waals surface area contributed by atoms with Gasteiger partial charge in [0.15, 0.2) is 5.78 Å². The van der Waals surface area contributed by atoms with Crippen LogP contribution in [0.5, 0.6) is 11.5 Å². The molecule has 0 radical (unpaired) electrons. The molecule has 1 heterocycles. The molecule has 1 aliphatic heterocycles. The zero-order chi connectivity index (χ0) is 18.6. The van der Waals surface area contributed by atoms with E-state index in [1.807, 2.05) is 0 Å². The number of rotatable bonds is 0. The van der Waals surface area contributed by atoms with Gasteiger partial charge in [0.05, 0.1) is 11.1 Å². The van der Waals surface area contributed by atoms with Gasteiger partial charge in [-0.05, 0) is 19.4 Å². The summed E-state index contributed by atoms with van der Waals surface area (Å²) in [6, 6.07) is 0.937. The van der Waals surface area contributed by atoms with Crippen LogP contribution in [0.3, 0.4) is 0 Å². The number of esters is 1. The van der Waals surface area contributed by atoms with Gasteiger partial charge in [0, 0.05) is 24.5 Å². The molecule has 3 N–H and O–H groups in total. The molecule has 1 aliphatic rings. The van der Waals surface area contributed by atoms with E-state index in [0.29, 0.717) is 6.42 Å². The van der Waals surface area contributed by atoms with Gasteiger partial charge in [0.2, 0.25) is 0 Å². The highest BCUT2D eigenvalue weighted by Crippen LogP contribution is 2.37. The Bertz CT molecular complexity index is 738. The number of phenolic OH excluding ortho intramolecular Hbond substituents is 2. The predicted molar refractivity (Wildman–Crippen MR) is 91.9 cm³/mol. The number of aliphatic hydroxyl groups is 1. The average Bonchev–Trinajstić information content (AvgIpc) is 2.51. The van der Waals surface area contributed by atoms with Crippen LogP contribution in [0.25, 0.3) is 0 Å². The Morgan fingerprint density at radius 1 is 1.16 bits per heavy atom. The normalized spacial score (nSPS) is 24.8. The van der Waals surface area contributed by atoms with Crippen LogP contribution in [0.4, 0.5) is 0 Å². The summed E-state index contributed by atoms with van der Waals surface area (Å²) in [6.45, 7) is 1.66. The molecule has 0 bridgehead atoms. The molecule has 0 saturated carbocycles. The standard InChI is InChI=1S/C18H19ClO6/c1-10-4-2-5-11(20)6-3-7-12(21)8-13-16(18(24)25-10)14(22)9-15(23)17(13)19/h2-3,5,7,9-11,20,22-23H,4,6,8H2,1H3/b5-2+,7-3+/t10-,11+/m1/s1. The Kier molecular flexibility index (Phi) is 6.22. The molecule has 0 amide bonds. The Morgan fingerprint density at radius 2 is 1.88 bits per heavy atom. The molecule has 2 rings (SSSR count). The first kappa shape index (κ1) is 19.0. The van der Waals surface area contributed by atoms with Gasteiger partial charge in [-0.25, -0.2) is 4.79 Å². The summed E-state index contributed by atoms with van der Waals surface area (Å²) >= 11 is 6.03. The molecule has 1 aromatic carbocycles. The molecule has 6 nitrogen and oxygen atoms in total. The fourth-order valence-electron chi connectivity index (χ4n) is 2.45. The van der Waals surface area contributed by atoms with Crippen molar-refractivity contribution in [3.63, 3.8) is 0 Å². The summed E-state index contributed by atoms with van der Waals surface area (Å²) in [6.07, 6.45) is 5.06. The number of phenols is 2. The lowest BCUT2D eigenvalue weighted by atomic mass is 9.99. The molecule has 134 valence electrons. The maximum Gasteiger partial charge on any atom is 0.342 e. The van der Waals surface area contributed by atoms with Crippen molar-refractivity contribution in [1.82, 2.24) is 0 Å². The number of cyclic esters (lactones) is 1. The Balaban J connectivity index is 2.49. The van der Waals surface area contributed by atoms with E-state index < -0.39 is 35.5 Å². The van der Waals surface area contributed by atoms with E-state index in [-0.39, 0.29) is 29.0 Å². The summed E-state index contributed by atoms with van der Waals surface area (Å²) < 4.78 is 5.27. The number of aliphatic hydroxyl groups excluding tert-OH is 1. The van der Waals surface area contributed by atoms with Gasteiger partial charge in [-0.15, -0.1) is 0 Å². The monoisotopic (exact) mass is 366 g/mol. The predicted octanol–water partition coefficient (Wildman–Crippen LogP) is 2.68. The van der Waals surface area contributed by atoms with Gasteiger partial charge in [-0.3, -0.25) is 4.79 Å². The van der Waals surface area contributed by atoms with Gasteiger partial charge < -0.3 is 20.1 Å². The number of halogens is 1. The van der Waals surface area contributed by atoms with E-state index in [1.54, 1.807) is 19.1 Å². The fourth-order valence-corrected chi connectivity index (χ4v) is 2.66. The van der Waals surface area contributed by atoms with Crippen LogP contribution in [0.2, 0.25) is 5.02 Å². The summed E-state index contributed by atoms with van der Waals surface area (Å²) in [5.74, 6) is -2.19.